The molecule has 0 aliphatic heterocycles. The van der Waals surface area contributed by atoms with Gasteiger partial charge in [0.1, 0.15) is 0 Å². The number of azo groups is 1. The van der Waals surface area contributed by atoms with Crippen LogP contribution in [0.25, 0.3) is 0 Å². The molecule has 2 aromatic carbocycles. The lowest BCUT2D eigenvalue weighted by Crippen LogP contribution is -2.29. The molecule has 0 aliphatic carbocycles. The van der Waals surface area contributed by atoms with Crippen LogP contribution in [0.5, 0.6) is 0 Å². The van der Waals surface area contributed by atoms with E-state index in [9.17, 15) is 10.1 Å². The smallest absolute Gasteiger partial charge is 0.269 e. The Hall–Kier alpha value is -2.55. The van der Waals surface area contributed by atoms with Crippen molar-refractivity contribution < 1.29 is 15.1 Å². The Labute approximate surface area is 149 Å². The normalized spacial score (nSPS) is 11.0. The second-order valence-corrected chi connectivity index (χ2v) is 5.45. The lowest BCUT2D eigenvalue weighted by molar-refractivity contribution is -0.384. The quantitative estimate of drug-likeness (QED) is 0.423. The van der Waals surface area contributed by atoms with Gasteiger partial charge in [-0.25, -0.2) is 0 Å². The van der Waals surface area contributed by atoms with E-state index in [1.165, 1.54) is 24.3 Å². The molecule has 0 atom stereocenters. The van der Waals surface area contributed by atoms with Crippen LogP contribution in [-0.2, 0) is 0 Å². The molecule has 0 saturated heterocycles. The fraction of sp³-hybridized carbons (Fsp3) is 0.250. The van der Waals surface area contributed by atoms with Gasteiger partial charge < -0.3 is 15.1 Å². The standard InChI is InChI=1S/C16H17ClN4O4/c17-15-11-13(3-6-16(15)20(7-9-22)8-10-23)19-18-12-1-4-14(5-2-12)21(24)25/h1-6,11,22-23H,7-10H2. The Kier molecular flexibility index (Phi) is 6.81. The molecular formula is C16H17ClN4O4. The zero-order chi connectivity index (χ0) is 18.2. The number of non-ortho nitro benzene ring substituents is 1. The van der Waals surface area contributed by atoms with Crippen molar-refractivity contribution in [2.45, 2.75) is 0 Å². The van der Waals surface area contributed by atoms with Gasteiger partial charge in [0.15, 0.2) is 0 Å². The lowest BCUT2D eigenvalue weighted by Gasteiger charge is -2.24. The van der Waals surface area contributed by atoms with Gasteiger partial charge in [0, 0.05) is 25.2 Å². The van der Waals surface area contributed by atoms with E-state index in [1.807, 2.05) is 0 Å². The van der Waals surface area contributed by atoms with Crippen LogP contribution in [0.1, 0.15) is 0 Å². The van der Waals surface area contributed by atoms with Crippen LogP contribution < -0.4 is 4.90 Å². The van der Waals surface area contributed by atoms with Gasteiger partial charge >= 0.3 is 0 Å². The van der Waals surface area contributed by atoms with Gasteiger partial charge in [0.2, 0.25) is 0 Å². The molecule has 8 nitrogen and oxygen atoms in total. The van der Waals surface area contributed by atoms with E-state index in [0.29, 0.717) is 35.2 Å². The number of nitro benzene ring substituents is 1. The zero-order valence-corrected chi connectivity index (χ0v) is 14.0. The van der Waals surface area contributed by atoms with E-state index in [1.54, 1.807) is 23.1 Å². The van der Waals surface area contributed by atoms with Gasteiger partial charge in [-0.1, -0.05) is 11.6 Å². The average Bonchev–Trinajstić information content (AvgIpc) is 2.60. The van der Waals surface area contributed by atoms with Crippen molar-refractivity contribution in [1.82, 2.24) is 0 Å². The summed E-state index contributed by atoms with van der Waals surface area (Å²) in [6, 6.07) is 10.8. The first-order valence-corrected chi connectivity index (χ1v) is 7.85. The molecule has 0 heterocycles. The van der Waals surface area contributed by atoms with Gasteiger partial charge in [-0.2, -0.15) is 10.2 Å². The van der Waals surface area contributed by atoms with Crippen LogP contribution in [-0.4, -0.2) is 41.4 Å². The summed E-state index contributed by atoms with van der Waals surface area (Å²) < 4.78 is 0. The molecule has 25 heavy (non-hydrogen) atoms. The number of nitrogens with zero attached hydrogens (tertiary/aromatic N) is 4. The fourth-order valence-corrected chi connectivity index (χ4v) is 2.46. The molecule has 0 saturated carbocycles. The second kappa shape index (κ2) is 9.07. The molecule has 0 amide bonds. The van der Waals surface area contributed by atoms with Gasteiger partial charge in [0.05, 0.1) is 40.2 Å². The third-order valence-corrected chi connectivity index (χ3v) is 3.66. The first-order chi connectivity index (χ1) is 12.0. The Balaban J connectivity index is 2.15. The Bertz CT molecular complexity index is 746. The molecule has 2 N–H and O–H groups in total. The third-order valence-electron chi connectivity index (χ3n) is 3.35. The molecule has 0 spiro atoms. The van der Waals surface area contributed by atoms with Crippen molar-refractivity contribution in [2.75, 3.05) is 31.2 Å². The largest absolute Gasteiger partial charge is 0.395 e. The van der Waals surface area contributed by atoms with E-state index >= 15 is 0 Å². The molecular weight excluding hydrogens is 348 g/mol. The van der Waals surface area contributed by atoms with Crippen LogP contribution in [0.2, 0.25) is 5.02 Å². The second-order valence-electron chi connectivity index (χ2n) is 5.04. The maximum atomic E-state index is 10.6. The number of benzene rings is 2. The van der Waals surface area contributed by atoms with Gasteiger partial charge in [0.25, 0.3) is 5.69 Å². The molecule has 2 aromatic rings. The lowest BCUT2D eigenvalue weighted by atomic mass is 10.2. The first-order valence-electron chi connectivity index (χ1n) is 7.47. The maximum Gasteiger partial charge on any atom is 0.269 e. The molecule has 132 valence electrons. The summed E-state index contributed by atoms with van der Waals surface area (Å²) in [7, 11) is 0. The zero-order valence-electron chi connectivity index (χ0n) is 13.2. The van der Waals surface area contributed by atoms with Crippen molar-refractivity contribution in [1.29, 1.82) is 0 Å². The summed E-state index contributed by atoms with van der Waals surface area (Å²) >= 11 is 6.25. The highest BCUT2D eigenvalue weighted by Crippen LogP contribution is 2.31. The van der Waals surface area contributed by atoms with E-state index < -0.39 is 4.92 Å². The predicted octanol–water partition coefficient (Wildman–Crippen LogP) is 3.45. The van der Waals surface area contributed by atoms with Gasteiger partial charge in [-0.05, 0) is 30.3 Å². The number of halogens is 1. The Morgan fingerprint density at radius 1 is 1.00 bits per heavy atom. The van der Waals surface area contributed by atoms with E-state index in [0.717, 1.165) is 0 Å². The molecule has 9 heteroatoms. The minimum atomic E-state index is -0.482. The van der Waals surface area contributed by atoms with E-state index in [2.05, 4.69) is 10.2 Å². The van der Waals surface area contributed by atoms with E-state index in [-0.39, 0.29) is 18.9 Å². The van der Waals surface area contributed by atoms with Crippen molar-refractivity contribution in [2.24, 2.45) is 10.2 Å². The van der Waals surface area contributed by atoms with Gasteiger partial charge in [-0.3, -0.25) is 10.1 Å². The number of nitro groups is 1. The highest BCUT2D eigenvalue weighted by Gasteiger charge is 2.10. The number of rotatable bonds is 8. The highest BCUT2D eigenvalue weighted by molar-refractivity contribution is 6.33. The van der Waals surface area contributed by atoms with Crippen molar-refractivity contribution in [3.63, 3.8) is 0 Å². The van der Waals surface area contributed by atoms with Crippen molar-refractivity contribution in [3.05, 3.63) is 57.6 Å². The fourth-order valence-electron chi connectivity index (χ4n) is 2.17. The van der Waals surface area contributed by atoms with Crippen LogP contribution in [0.3, 0.4) is 0 Å². The number of hydrogen-bond donors (Lipinski definition) is 2. The number of aliphatic hydroxyl groups excluding tert-OH is 2. The average molecular weight is 365 g/mol. The summed E-state index contributed by atoms with van der Waals surface area (Å²) in [4.78, 5) is 11.9. The summed E-state index contributed by atoms with van der Waals surface area (Å²) in [6.45, 7) is 0.587. The van der Waals surface area contributed by atoms with Crippen LogP contribution in [0, 0.1) is 10.1 Å². The molecule has 0 radical (unpaired) electrons. The van der Waals surface area contributed by atoms with E-state index in [4.69, 9.17) is 21.8 Å². The maximum absolute atomic E-state index is 10.6. The van der Waals surface area contributed by atoms with Crippen LogP contribution in [0.15, 0.2) is 52.7 Å². The van der Waals surface area contributed by atoms with Gasteiger partial charge in [-0.15, -0.1) is 0 Å². The Morgan fingerprint density at radius 2 is 1.56 bits per heavy atom. The SMILES string of the molecule is O=[N+]([O-])c1ccc(N=Nc2ccc(N(CCO)CCO)c(Cl)c2)cc1. The molecule has 0 bridgehead atoms. The summed E-state index contributed by atoms with van der Waals surface area (Å²) in [6.07, 6.45) is 0. The van der Waals surface area contributed by atoms with Crippen LogP contribution >= 0.6 is 11.6 Å². The number of anilines is 1. The highest BCUT2D eigenvalue weighted by atomic mass is 35.5. The monoisotopic (exact) mass is 364 g/mol. The first kappa shape index (κ1) is 18.8. The Morgan fingerprint density at radius 3 is 2.08 bits per heavy atom. The third kappa shape index (κ3) is 5.21. The minimum absolute atomic E-state index is 0.0146. The molecule has 0 fully saturated rings. The molecule has 0 aromatic heterocycles. The van der Waals surface area contributed by atoms with Crippen LogP contribution in [0.4, 0.5) is 22.7 Å². The summed E-state index contributed by atoms with van der Waals surface area (Å²) in [5.74, 6) is 0. The topological polar surface area (TPSA) is 112 Å². The predicted molar refractivity (Wildman–Crippen MR) is 95.1 cm³/mol. The van der Waals surface area contributed by atoms with Crippen molar-refractivity contribution in [3.8, 4) is 0 Å². The minimum Gasteiger partial charge on any atom is -0.395 e. The molecule has 2 rings (SSSR count). The summed E-state index contributed by atoms with van der Waals surface area (Å²) in [5, 5.41) is 37.3. The number of hydrogen-bond acceptors (Lipinski definition) is 7. The molecule has 0 unspecified atom stereocenters. The summed E-state index contributed by atoms with van der Waals surface area (Å²) in [5.41, 5.74) is 1.66. The molecule has 0 aliphatic rings. The van der Waals surface area contributed by atoms with Crippen molar-refractivity contribution >= 4 is 34.4 Å². The number of aliphatic hydroxyl groups is 2.